The van der Waals surface area contributed by atoms with Crippen LogP contribution in [0.5, 0.6) is 0 Å². The van der Waals surface area contributed by atoms with E-state index in [2.05, 4.69) is 0 Å². The molecule has 0 fully saturated rings. The summed E-state index contributed by atoms with van der Waals surface area (Å²) in [5, 5.41) is 0. The van der Waals surface area contributed by atoms with Gasteiger partial charge in [-0.1, -0.05) is 24.3 Å². The molecule has 0 amide bonds. The quantitative estimate of drug-likeness (QED) is 0.741. The number of hydrogen-bond donors (Lipinski definition) is 0. The van der Waals surface area contributed by atoms with Crippen molar-refractivity contribution < 1.29 is 18.3 Å². The third-order valence-corrected chi connectivity index (χ3v) is 4.35. The molecule has 0 saturated carbocycles. The summed E-state index contributed by atoms with van der Waals surface area (Å²) in [4.78, 5) is 14.1. The molecule has 0 heterocycles. The van der Waals surface area contributed by atoms with Gasteiger partial charge in [0.1, 0.15) is 23.8 Å². The van der Waals surface area contributed by atoms with Gasteiger partial charge in [-0.15, -0.1) is 0 Å². The highest BCUT2D eigenvalue weighted by Gasteiger charge is 2.27. The monoisotopic (exact) mass is 347 g/mol. The molecular weight excluding hydrogens is 324 g/mol. The molecule has 0 aliphatic heterocycles. The van der Waals surface area contributed by atoms with Crippen molar-refractivity contribution in [3.63, 3.8) is 0 Å². The maximum atomic E-state index is 13.3. The maximum absolute atomic E-state index is 13.3. The fourth-order valence-corrected chi connectivity index (χ4v) is 2.64. The molecule has 0 saturated heterocycles. The SMILES string of the molecule is C[C@H](OC(=O)[C@@H](C)N(C)C)C(c1ccc(F)cc1)c1ccc(F)cc1. The molecule has 0 N–H and O–H groups in total. The molecule has 134 valence electrons. The van der Waals surface area contributed by atoms with Gasteiger partial charge in [0.15, 0.2) is 0 Å². The highest BCUT2D eigenvalue weighted by molar-refractivity contribution is 5.75. The van der Waals surface area contributed by atoms with Crippen LogP contribution in [0.4, 0.5) is 8.78 Å². The van der Waals surface area contributed by atoms with Crippen molar-refractivity contribution in [2.24, 2.45) is 0 Å². The fraction of sp³-hybridized carbons (Fsp3) is 0.350. The van der Waals surface area contributed by atoms with Gasteiger partial charge in [0.2, 0.25) is 0 Å². The van der Waals surface area contributed by atoms with Crippen molar-refractivity contribution >= 4 is 5.97 Å². The summed E-state index contributed by atoms with van der Waals surface area (Å²) in [6, 6.07) is 11.7. The second-order valence-corrected chi connectivity index (χ2v) is 6.36. The number of halogens is 2. The van der Waals surface area contributed by atoms with Gasteiger partial charge in [-0.3, -0.25) is 9.69 Å². The molecular formula is C20H23F2NO2. The molecule has 2 aromatic rings. The first kappa shape index (κ1) is 19.1. The van der Waals surface area contributed by atoms with Crippen molar-refractivity contribution in [1.29, 1.82) is 0 Å². The van der Waals surface area contributed by atoms with E-state index in [1.807, 2.05) is 0 Å². The van der Waals surface area contributed by atoms with Gasteiger partial charge < -0.3 is 4.74 Å². The molecule has 0 spiro atoms. The van der Waals surface area contributed by atoms with Crippen LogP contribution in [0.25, 0.3) is 0 Å². The number of carbonyl (C=O) groups excluding carboxylic acids is 1. The zero-order chi connectivity index (χ0) is 18.6. The minimum absolute atomic E-state index is 0.320. The number of likely N-dealkylation sites (N-methyl/N-ethyl adjacent to an activating group) is 1. The molecule has 0 aromatic heterocycles. The van der Waals surface area contributed by atoms with Crippen LogP contribution in [0.2, 0.25) is 0 Å². The zero-order valence-electron chi connectivity index (χ0n) is 14.9. The molecule has 2 rings (SSSR count). The van der Waals surface area contributed by atoms with Gasteiger partial charge in [0, 0.05) is 5.92 Å². The summed E-state index contributed by atoms with van der Waals surface area (Å²) >= 11 is 0. The van der Waals surface area contributed by atoms with E-state index in [0.29, 0.717) is 0 Å². The number of benzene rings is 2. The molecule has 25 heavy (non-hydrogen) atoms. The van der Waals surface area contributed by atoms with E-state index in [-0.39, 0.29) is 29.6 Å². The minimum Gasteiger partial charge on any atom is -0.461 e. The lowest BCUT2D eigenvalue weighted by atomic mass is 9.87. The van der Waals surface area contributed by atoms with Crippen LogP contribution in [-0.4, -0.2) is 37.1 Å². The van der Waals surface area contributed by atoms with E-state index in [1.54, 1.807) is 57.1 Å². The van der Waals surface area contributed by atoms with Crippen LogP contribution in [0.3, 0.4) is 0 Å². The highest BCUT2D eigenvalue weighted by Crippen LogP contribution is 2.30. The first-order chi connectivity index (χ1) is 11.8. The predicted octanol–water partition coefficient (Wildman–Crippen LogP) is 3.98. The minimum atomic E-state index is -0.495. The summed E-state index contributed by atoms with van der Waals surface area (Å²) in [6.45, 7) is 3.55. The van der Waals surface area contributed by atoms with E-state index in [9.17, 15) is 13.6 Å². The van der Waals surface area contributed by atoms with Crippen LogP contribution in [0.15, 0.2) is 48.5 Å². The summed E-state index contributed by atoms with van der Waals surface area (Å²) in [6.07, 6.45) is -0.495. The lowest BCUT2D eigenvalue weighted by Crippen LogP contribution is -2.37. The fourth-order valence-electron chi connectivity index (χ4n) is 2.64. The normalized spacial score (nSPS) is 13.8. The zero-order valence-corrected chi connectivity index (χ0v) is 14.9. The highest BCUT2D eigenvalue weighted by atomic mass is 19.1. The lowest BCUT2D eigenvalue weighted by Gasteiger charge is -2.27. The van der Waals surface area contributed by atoms with E-state index in [4.69, 9.17) is 4.74 Å². The van der Waals surface area contributed by atoms with Crippen LogP contribution in [-0.2, 0) is 9.53 Å². The average molecular weight is 347 g/mol. The Balaban J connectivity index is 2.32. The van der Waals surface area contributed by atoms with Crippen LogP contribution in [0, 0.1) is 11.6 Å². The summed E-state index contributed by atoms with van der Waals surface area (Å²) in [5.74, 6) is -1.34. The van der Waals surface area contributed by atoms with Crippen LogP contribution >= 0.6 is 0 Å². The van der Waals surface area contributed by atoms with Crippen LogP contribution in [0.1, 0.15) is 30.9 Å². The standard InChI is InChI=1S/C20H23F2NO2/c1-13(23(3)4)20(24)25-14(2)19(15-5-9-17(21)10-6-15)16-7-11-18(22)12-8-16/h5-14,19H,1-4H3/t13-,14+/m1/s1. The topological polar surface area (TPSA) is 29.5 Å². The Morgan fingerprint density at radius 3 is 1.64 bits per heavy atom. The number of hydrogen-bond acceptors (Lipinski definition) is 3. The van der Waals surface area contributed by atoms with Gasteiger partial charge in [-0.05, 0) is 63.3 Å². The van der Waals surface area contributed by atoms with E-state index in [1.165, 1.54) is 24.3 Å². The Morgan fingerprint density at radius 2 is 1.28 bits per heavy atom. The van der Waals surface area contributed by atoms with E-state index in [0.717, 1.165) is 11.1 Å². The van der Waals surface area contributed by atoms with Crippen LogP contribution < -0.4 is 0 Å². The smallest absolute Gasteiger partial charge is 0.323 e. The Bertz CT molecular complexity index is 653. The number of nitrogens with zero attached hydrogens (tertiary/aromatic N) is 1. The molecule has 0 radical (unpaired) electrons. The van der Waals surface area contributed by atoms with Gasteiger partial charge in [-0.2, -0.15) is 0 Å². The maximum Gasteiger partial charge on any atom is 0.323 e. The molecule has 0 unspecified atom stereocenters. The second-order valence-electron chi connectivity index (χ2n) is 6.36. The number of ether oxygens (including phenoxy) is 1. The lowest BCUT2D eigenvalue weighted by molar-refractivity contribution is -0.153. The number of esters is 1. The Hall–Kier alpha value is -2.27. The third kappa shape index (κ3) is 4.86. The molecule has 0 aliphatic carbocycles. The van der Waals surface area contributed by atoms with Crippen molar-refractivity contribution in [2.45, 2.75) is 31.9 Å². The molecule has 5 heteroatoms. The van der Waals surface area contributed by atoms with Gasteiger partial charge >= 0.3 is 5.97 Å². The van der Waals surface area contributed by atoms with E-state index < -0.39 is 6.10 Å². The first-order valence-corrected chi connectivity index (χ1v) is 8.17. The van der Waals surface area contributed by atoms with E-state index >= 15 is 0 Å². The number of rotatable bonds is 6. The second kappa shape index (κ2) is 8.21. The van der Waals surface area contributed by atoms with Crippen molar-refractivity contribution in [3.8, 4) is 0 Å². The average Bonchev–Trinajstić information content (AvgIpc) is 2.57. The predicted molar refractivity (Wildman–Crippen MR) is 93.3 cm³/mol. The first-order valence-electron chi connectivity index (χ1n) is 8.17. The molecule has 0 aliphatic rings. The largest absolute Gasteiger partial charge is 0.461 e. The Labute approximate surface area is 147 Å². The number of carbonyl (C=O) groups is 1. The van der Waals surface area contributed by atoms with Crippen molar-refractivity contribution in [1.82, 2.24) is 4.90 Å². The van der Waals surface area contributed by atoms with Crippen molar-refractivity contribution in [3.05, 3.63) is 71.3 Å². The van der Waals surface area contributed by atoms with Gasteiger partial charge in [-0.25, -0.2) is 8.78 Å². The molecule has 2 atom stereocenters. The summed E-state index contributed by atoms with van der Waals surface area (Å²) < 4.78 is 32.2. The summed E-state index contributed by atoms with van der Waals surface area (Å²) in [7, 11) is 3.60. The van der Waals surface area contributed by atoms with Gasteiger partial charge in [0.25, 0.3) is 0 Å². The Morgan fingerprint density at radius 1 is 0.880 bits per heavy atom. The molecule has 2 aromatic carbocycles. The Kier molecular flexibility index (Phi) is 6.26. The molecule has 0 bridgehead atoms. The third-order valence-electron chi connectivity index (χ3n) is 4.35. The summed E-state index contributed by atoms with van der Waals surface area (Å²) in [5.41, 5.74) is 1.59. The van der Waals surface area contributed by atoms with Crippen molar-refractivity contribution in [2.75, 3.05) is 14.1 Å². The van der Waals surface area contributed by atoms with Gasteiger partial charge in [0.05, 0.1) is 0 Å². The molecule has 3 nitrogen and oxygen atoms in total.